The quantitative estimate of drug-likeness (QED) is 0.537. The van der Waals surface area contributed by atoms with Gasteiger partial charge in [-0.15, -0.1) is 0 Å². The molecule has 0 spiro atoms. The summed E-state index contributed by atoms with van der Waals surface area (Å²) in [5.41, 5.74) is 3.41. The average molecular weight is 412 g/mol. The van der Waals surface area contributed by atoms with E-state index in [9.17, 15) is 9.59 Å². The molecule has 0 saturated carbocycles. The molecule has 0 aromatic heterocycles. The molecule has 1 aliphatic rings. The van der Waals surface area contributed by atoms with Crippen molar-refractivity contribution >= 4 is 34.9 Å². The zero-order chi connectivity index (χ0) is 20.6. The summed E-state index contributed by atoms with van der Waals surface area (Å²) in [6.45, 7) is 4.20. The number of likely N-dealkylation sites (tertiary alicyclic amines) is 1. The minimum Gasteiger partial charge on any atom is -0.462 e. The lowest BCUT2D eigenvalue weighted by atomic mass is 10.1. The van der Waals surface area contributed by atoms with E-state index in [2.05, 4.69) is 10.6 Å². The maximum atomic E-state index is 11.8. The van der Waals surface area contributed by atoms with Crippen molar-refractivity contribution in [3.05, 3.63) is 65.2 Å². The summed E-state index contributed by atoms with van der Waals surface area (Å²) in [5.74, 6) is -0.120. The molecule has 152 valence electrons. The fraction of sp³-hybridized carbons (Fsp3) is 0.318. The highest BCUT2D eigenvalue weighted by atomic mass is 32.1. The van der Waals surface area contributed by atoms with Gasteiger partial charge in [0.25, 0.3) is 0 Å². The Morgan fingerprint density at radius 1 is 1.17 bits per heavy atom. The zero-order valence-electron chi connectivity index (χ0n) is 16.4. The molecule has 0 aliphatic carbocycles. The van der Waals surface area contributed by atoms with Crippen molar-refractivity contribution in [2.24, 2.45) is 0 Å². The maximum absolute atomic E-state index is 11.8. The Balaban J connectivity index is 1.48. The van der Waals surface area contributed by atoms with Crippen molar-refractivity contribution in [1.29, 1.82) is 0 Å². The molecule has 0 radical (unpaired) electrons. The molecular weight excluding hydrogens is 386 g/mol. The van der Waals surface area contributed by atoms with Crippen molar-refractivity contribution in [2.45, 2.75) is 32.9 Å². The molecule has 1 amide bonds. The van der Waals surface area contributed by atoms with Crippen molar-refractivity contribution in [3.63, 3.8) is 0 Å². The van der Waals surface area contributed by atoms with Gasteiger partial charge in [0.1, 0.15) is 0 Å². The number of carbonyl (C=O) groups is 2. The van der Waals surface area contributed by atoms with Gasteiger partial charge in [-0.3, -0.25) is 4.79 Å². The summed E-state index contributed by atoms with van der Waals surface area (Å²) in [6, 6.07) is 15.2. The molecular formula is C22H25N3O3S. The Morgan fingerprint density at radius 2 is 1.93 bits per heavy atom. The summed E-state index contributed by atoms with van der Waals surface area (Å²) >= 11 is 5.35. The smallest absolute Gasteiger partial charge is 0.338 e. The van der Waals surface area contributed by atoms with Crippen molar-refractivity contribution in [3.8, 4) is 0 Å². The number of hydrogen-bond acceptors (Lipinski definition) is 4. The minimum absolute atomic E-state index is 0.235. The van der Waals surface area contributed by atoms with Crippen LogP contribution >= 0.6 is 12.2 Å². The third kappa shape index (κ3) is 6.02. The number of hydrogen-bond donors (Lipinski definition) is 2. The van der Waals surface area contributed by atoms with Crippen LogP contribution in [-0.2, 0) is 22.6 Å². The Labute approximate surface area is 176 Å². The summed E-state index contributed by atoms with van der Waals surface area (Å²) in [4.78, 5) is 25.5. The highest BCUT2D eigenvalue weighted by molar-refractivity contribution is 7.80. The molecule has 1 aliphatic heterocycles. The van der Waals surface area contributed by atoms with E-state index in [1.165, 1.54) is 0 Å². The molecule has 1 heterocycles. The molecule has 1 fully saturated rings. The monoisotopic (exact) mass is 411 g/mol. The SMILES string of the molecule is CCOC(=O)c1cccc(NC(=S)NCc2ccc(CN3CCCC3=O)cc2)c1. The normalized spacial score (nSPS) is 13.3. The van der Waals surface area contributed by atoms with E-state index in [0.717, 1.165) is 29.8 Å². The fourth-order valence-electron chi connectivity index (χ4n) is 3.15. The van der Waals surface area contributed by atoms with Gasteiger partial charge in [0.05, 0.1) is 12.2 Å². The largest absolute Gasteiger partial charge is 0.462 e. The molecule has 2 aromatic rings. The average Bonchev–Trinajstić information content (AvgIpc) is 3.12. The molecule has 2 N–H and O–H groups in total. The van der Waals surface area contributed by atoms with Crippen LogP contribution in [0.3, 0.4) is 0 Å². The maximum Gasteiger partial charge on any atom is 0.338 e. The van der Waals surface area contributed by atoms with E-state index < -0.39 is 0 Å². The molecule has 0 atom stereocenters. The van der Waals surface area contributed by atoms with Gasteiger partial charge >= 0.3 is 5.97 Å². The van der Waals surface area contributed by atoms with Crippen molar-refractivity contribution in [2.75, 3.05) is 18.5 Å². The van der Waals surface area contributed by atoms with Gasteiger partial charge in [0.2, 0.25) is 5.91 Å². The van der Waals surface area contributed by atoms with Crippen LogP contribution in [0.1, 0.15) is 41.3 Å². The third-order valence-corrected chi connectivity index (χ3v) is 4.90. The van der Waals surface area contributed by atoms with Gasteiger partial charge in [-0.25, -0.2) is 4.79 Å². The number of nitrogens with one attached hydrogen (secondary N) is 2. The zero-order valence-corrected chi connectivity index (χ0v) is 17.3. The number of nitrogens with zero attached hydrogens (tertiary/aromatic N) is 1. The molecule has 6 nitrogen and oxygen atoms in total. The van der Waals surface area contributed by atoms with Gasteiger partial charge in [-0.05, 0) is 54.9 Å². The number of thiocarbonyl (C=S) groups is 1. The van der Waals surface area contributed by atoms with Gasteiger partial charge in [-0.2, -0.15) is 0 Å². The summed E-state index contributed by atoms with van der Waals surface area (Å²) in [5, 5.41) is 6.71. The molecule has 2 aromatic carbocycles. The molecule has 1 saturated heterocycles. The first kappa shape index (κ1) is 20.8. The van der Waals surface area contributed by atoms with Crippen LogP contribution in [0.4, 0.5) is 5.69 Å². The second-order valence-corrected chi connectivity index (χ2v) is 7.25. The van der Waals surface area contributed by atoms with Gasteiger partial charge < -0.3 is 20.3 Å². The van der Waals surface area contributed by atoms with E-state index in [1.54, 1.807) is 25.1 Å². The fourth-order valence-corrected chi connectivity index (χ4v) is 3.34. The van der Waals surface area contributed by atoms with Crippen LogP contribution in [-0.4, -0.2) is 35.0 Å². The number of benzene rings is 2. The predicted octanol–water partition coefficient (Wildman–Crippen LogP) is 3.47. The van der Waals surface area contributed by atoms with Crippen molar-refractivity contribution < 1.29 is 14.3 Å². The van der Waals surface area contributed by atoms with Crippen LogP contribution < -0.4 is 10.6 Å². The Bertz CT molecular complexity index is 883. The first-order valence-electron chi connectivity index (χ1n) is 9.73. The van der Waals surface area contributed by atoms with Gasteiger partial charge in [-0.1, -0.05) is 30.3 Å². The topological polar surface area (TPSA) is 70.7 Å². The molecule has 7 heteroatoms. The number of amides is 1. The predicted molar refractivity (Wildman–Crippen MR) is 117 cm³/mol. The summed E-state index contributed by atoms with van der Waals surface area (Å²) in [7, 11) is 0. The van der Waals surface area contributed by atoms with Crippen LogP contribution in [0.15, 0.2) is 48.5 Å². The van der Waals surface area contributed by atoms with E-state index in [0.29, 0.717) is 36.8 Å². The summed E-state index contributed by atoms with van der Waals surface area (Å²) < 4.78 is 5.01. The van der Waals surface area contributed by atoms with E-state index in [4.69, 9.17) is 17.0 Å². The number of anilines is 1. The second-order valence-electron chi connectivity index (χ2n) is 6.84. The van der Waals surface area contributed by atoms with Gasteiger partial charge in [0.15, 0.2) is 5.11 Å². The Morgan fingerprint density at radius 3 is 2.62 bits per heavy atom. The third-order valence-electron chi connectivity index (χ3n) is 4.65. The first-order valence-corrected chi connectivity index (χ1v) is 10.1. The second kappa shape index (κ2) is 10.0. The lowest BCUT2D eigenvalue weighted by Crippen LogP contribution is -2.28. The number of esters is 1. The van der Waals surface area contributed by atoms with Gasteiger partial charge in [0, 0.05) is 31.7 Å². The number of rotatable bonds is 7. The van der Waals surface area contributed by atoms with E-state index >= 15 is 0 Å². The van der Waals surface area contributed by atoms with Crippen LogP contribution in [0.5, 0.6) is 0 Å². The van der Waals surface area contributed by atoms with E-state index in [-0.39, 0.29) is 11.9 Å². The summed E-state index contributed by atoms with van der Waals surface area (Å²) in [6.07, 6.45) is 1.61. The van der Waals surface area contributed by atoms with Crippen LogP contribution in [0.2, 0.25) is 0 Å². The Hall–Kier alpha value is -2.93. The minimum atomic E-state index is -0.356. The lowest BCUT2D eigenvalue weighted by molar-refractivity contribution is -0.128. The highest BCUT2D eigenvalue weighted by Gasteiger charge is 2.19. The van der Waals surface area contributed by atoms with Crippen LogP contribution in [0, 0.1) is 0 Å². The number of carbonyl (C=O) groups excluding carboxylic acids is 2. The molecule has 0 bridgehead atoms. The highest BCUT2D eigenvalue weighted by Crippen LogP contribution is 2.15. The standard InChI is InChI=1S/C22H25N3O3S/c1-2-28-21(27)18-5-3-6-19(13-18)24-22(29)23-14-16-8-10-17(11-9-16)15-25-12-4-7-20(25)26/h3,5-6,8-11,13H,2,4,7,12,14-15H2,1H3,(H2,23,24,29). The molecule has 29 heavy (non-hydrogen) atoms. The first-order chi connectivity index (χ1) is 14.0. The van der Waals surface area contributed by atoms with Crippen LogP contribution in [0.25, 0.3) is 0 Å². The molecule has 0 unspecified atom stereocenters. The lowest BCUT2D eigenvalue weighted by Gasteiger charge is -2.16. The van der Waals surface area contributed by atoms with Crippen molar-refractivity contribution in [1.82, 2.24) is 10.2 Å². The Kier molecular flexibility index (Phi) is 7.19. The van der Waals surface area contributed by atoms with E-state index in [1.807, 2.05) is 35.2 Å². The number of ether oxygens (including phenoxy) is 1. The molecule has 3 rings (SSSR count).